The van der Waals surface area contributed by atoms with E-state index in [1.807, 2.05) is 6.92 Å². The number of nitrogens with zero attached hydrogens (tertiary/aromatic N) is 3. The molecule has 2 rings (SSSR count). The maximum atomic E-state index is 11.8. The number of anilines is 1. The van der Waals surface area contributed by atoms with Crippen LogP contribution in [-0.4, -0.2) is 29.1 Å². The minimum atomic E-state index is -0.0846. The van der Waals surface area contributed by atoms with Crippen LogP contribution in [0.1, 0.15) is 17.5 Å². The molecule has 88 valence electrons. The fourth-order valence-electron chi connectivity index (χ4n) is 2.00. The smallest absolute Gasteiger partial charge is 0.228 e. The number of rotatable bonds is 2. The number of carbonyl (C=O) groups is 1. The lowest BCUT2D eigenvalue weighted by Gasteiger charge is -2.17. The van der Waals surface area contributed by atoms with Gasteiger partial charge in [0.25, 0.3) is 0 Å². The second kappa shape index (κ2) is 4.52. The first-order valence-electron chi connectivity index (χ1n) is 5.44. The third-order valence-electron chi connectivity index (χ3n) is 2.97. The molecule has 1 N–H and O–H groups in total. The third kappa shape index (κ3) is 1.99. The zero-order valence-corrected chi connectivity index (χ0v) is 9.55. The van der Waals surface area contributed by atoms with Crippen LogP contribution in [-0.2, 0) is 4.79 Å². The van der Waals surface area contributed by atoms with E-state index in [2.05, 4.69) is 11.1 Å². The number of hydrogen-bond acceptors (Lipinski definition) is 4. The average Bonchev–Trinajstić information content (AvgIpc) is 2.70. The van der Waals surface area contributed by atoms with Crippen LogP contribution in [0.3, 0.4) is 0 Å². The molecule has 2 heterocycles. The van der Waals surface area contributed by atoms with Crippen LogP contribution in [0.15, 0.2) is 12.3 Å². The van der Waals surface area contributed by atoms with Crippen molar-refractivity contribution < 1.29 is 9.90 Å². The van der Waals surface area contributed by atoms with E-state index >= 15 is 0 Å². The highest BCUT2D eigenvalue weighted by molar-refractivity contribution is 5.96. The number of aromatic nitrogens is 1. The minimum Gasteiger partial charge on any atom is -0.396 e. The summed E-state index contributed by atoms with van der Waals surface area (Å²) in [6.07, 6.45) is 1.90. The second-order valence-corrected chi connectivity index (χ2v) is 4.20. The Morgan fingerprint density at radius 3 is 3.06 bits per heavy atom. The molecule has 1 unspecified atom stereocenters. The molecule has 1 atom stereocenters. The largest absolute Gasteiger partial charge is 0.396 e. The number of pyridine rings is 1. The van der Waals surface area contributed by atoms with Crippen molar-refractivity contribution in [3.8, 4) is 6.07 Å². The van der Waals surface area contributed by atoms with Crippen LogP contribution in [0.25, 0.3) is 0 Å². The fourth-order valence-corrected chi connectivity index (χ4v) is 2.00. The highest BCUT2D eigenvalue weighted by atomic mass is 16.3. The first-order chi connectivity index (χ1) is 8.17. The van der Waals surface area contributed by atoms with Crippen LogP contribution in [0.5, 0.6) is 0 Å². The Bertz CT molecular complexity index is 493. The van der Waals surface area contributed by atoms with E-state index < -0.39 is 0 Å². The van der Waals surface area contributed by atoms with Crippen molar-refractivity contribution in [2.75, 3.05) is 18.1 Å². The maximum Gasteiger partial charge on any atom is 0.228 e. The number of amides is 1. The van der Waals surface area contributed by atoms with Crippen LogP contribution in [0.4, 0.5) is 5.82 Å². The Labute approximate surface area is 99.3 Å². The Kier molecular flexibility index (Phi) is 3.07. The van der Waals surface area contributed by atoms with Gasteiger partial charge in [-0.1, -0.05) is 0 Å². The fraction of sp³-hybridized carbons (Fsp3) is 0.417. The summed E-state index contributed by atoms with van der Waals surface area (Å²) in [6, 6.07) is 3.82. The van der Waals surface area contributed by atoms with Crippen molar-refractivity contribution in [1.82, 2.24) is 4.98 Å². The molecule has 0 bridgehead atoms. The van der Waals surface area contributed by atoms with Crippen LogP contribution >= 0.6 is 0 Å². The van der Waals surface area contributed by atoms with Crippen molar-refractivity contribution in [3.05, 3.63) is 23.4 Å². The van der Waals surface area contributed by atoms with Gasteiger partial charge in [-0.2, -0.15) is 5.26 Å². The summed E-state index contributed by atoms with van der Waals surface area (Å²) >= 11 is 0. The minimum absolute atomic E-state index is 0.0179. The number of aliphatic hydroxyl groups is 1. The molecule has 0 saturated carbocycles. The predicted octanol–water partition coefficient (Wildman–Crippen LogP) is 0.607. The number of aliphatic hydroxyl groups excluding tert-OH is 1. The topological polar surface area (TPSA) is 77.2 Å². The van der Waals surface area contributed by atoms with Gasteiger partial charge in [0.05, 0.1) is 5.56 Å². The first kappa shape index (κ1) is 11.6. The summed E-state index contributed by atoms with van der Waals surface area (Å²) in [5, 5.41) is 18.2. The van der Waals surface area contributed by atoms with Crippen molar-refractivity contribution >= 4 is 11.7 Å². The maximum absolute atomic E-state index is 11.8. The van der Waals surface area contributed by atoms with Gasteiger partial charge in [0, 0.05) is 31.7 Å². The van der Waals surface area contributed by atoms with Crippen LogP contribution in [0, 0.1) is 24.2 Å². The number of carbonyl (C=O) groups excluding carboxylic acids is 1. The van der Waals surface area contributed by atoms with Crippen molar-refractivity contribution in [1.29, 1.82) is 5.26 Å². The molecule has 0 spiro atoms. The van der Waals surface area contributed by atoms with E-state index in [4.69, 9.17) is 10.4 Å². The van der Waals surface area contributed by atoms with Gasteiger partial charge >= 0.3 is 0 Å². The second-order valence-electron chi connectivity index (χ2n) is 4.20. The van der Waals surface area contributed by atoms with Gasteiger partial charge in [-0.3, -0.25) is 9.69 Å². The lowest BCUT2D eigenvalue weighted by Crippen LogP contribution is -2.27. The summed E-state index contributed by atoms with van der Waals surface area (Å²) in [7, 11) is 0. The van der Waals surface area contributed by atoms with E-state index in [9.17, 15) is 4.79 Å². The standard InChI is InChI=1S/C12H13N3O2/c1-8-2-3-14-12(10(8)5-13)15-6-9(7-16)4-11(15)17/h2-3,9,16H,4,6-7H2,1H3. The van der Waals surface area contributed by atoms with Gasteiger partial charge in [-0.15, -0.1) is 0 Å². The normalized spacial score (nSPS) is 19.5. The molecule has 17 heavy (non-hydrogen) atoms. The van der Waals surface area contributed by atoms with E-state index in [0.29, 0.717) is 24.3 Å². The number of aryl methyl sites for hydroxylation is 1. The predicted molar refractivity (Wildman–Crippen MR) is 61.2 cm³/mol. The molecule has 1 aromatic heterocycles. The van der Waals surface area contributed by atoms with Crippen molar-refractivity contribution in [2.45, 2.75) is 13.3 Å². The van der Waals surface area contributed by atoms with Crippen molar-refractivity contribution in [2.24, 2.45) is 5.92 Å². The van der Waals surface area contributed by atoms with E-state index in [1.54, 1.807) is 12.3 Å². The quantitative estimate of drug-likeness (QED) is 0.808. The Balaban J connectivity index is 2.39. The van der Waals surface area contributed by atoms with E-state index in [-0.39, 0.29) is 18.4 Å². The van der Waals surface area contributed by atoms with Crippen LogP contribution < -0.4 is 4.90 Å². The van der Waals surface area contributed by atoms with Gasteiger partial charge in [-0.05, 0) is 18.6 Å². The molecule has 1 amide bonds. The Morgan fingerprint density at radius 2 is 2.47 bits per heavy atom. The van der Waals surface area contributed by atoms with Crippen molar-refractivity contribution in [3.63, 3.8) is 0 Å². The number of nitriles is 1. The molecule has 1 aromatic rings. The van der Waals surface area contributed by atoms with Gasteiger partial charge in [0.15, 0.2) is 5.82 Å². The monoisotopic (exact) mass is 231 g/mol. The molecule has 5 nitrogen and oxygen atoms in total. The molecule has 1 fully saturated rings. The van der Waals surface area contributed by atoms with E-state index in [1.165, 1.54) is 4.90 Å². The molecule has 1 aliphatic rings. The van der Waals surface area contributed by atoms with Crippen LogP contribution in [0.2, 0.25) is 0 Å². The SMILES string of the molecule is Cc1ccnc(N2CC(CO)CC2=O)c1C#N. The van der Waals surface area contributed by atoms with E-state index in [0.717, 1.165) is 5.56 Å². The highest BCUT2D eigenvalue weighted by Crippen LogP contribution is 2.27. The molecular formula is C12H13N3O2. The van der Waals surface area contributed by atoms with Gasteiger partial charge < -0.3 is 5.11 Å². The Hall–Kier alpha value is -1.93. The molecule has 1 aliphatic heterocycles. The highest BCUT2D eigenvalue weighted by Gasteiger charge is 2.32. The Morgan fingerprint density at radius 1 is 1.71 bits per heavy atom. The zero-order chi connectivity index (χ0) is 12.4. The molecular weight excluding hydrogens is 218 g/mol. The molecule has 0 aliphatic carbocycles. The summed E-state index contributed by atoms with van der Waals surface area (Å²) in [5.41, 5.74) is 1.23. The lowest BCUT2D eigenvalue weighted by atomic mass is 10.1. The van der Waals surface area contributed by atoms with Gasteiger partial charge in [-0.25, -0.2) is 4.98 Å². The molecule has 1 saturated heterocycles. The lowest BCUT2D eigenvalue weighted by molar-refractivity contribution is -0.117. The zero-order valence-electron chi connectivity index (χ0n) is 9.55. The molecule has 0 aromatic carbocycles. The van der Waals surface area contributed by atoms with Gasteiger partial charge in [0.1, 0.15) is 6.07 Å². The first-order valence-corrected chi connectivity index (χ1v) is 5.44. The van der Waals surface area contributed by atoms with Gasteiger partial charge in [0.2, 0.25) is 5.91 Å². The average molecular weight is 231 g/mol. The summed E-state index contributed by atoms with van der Waals surface area (Å²) in [6.45, 7) is 2.23. The number of hydrogen-bond donors (Lipinski definition) is 1. The molecule has 0 radical (unpaired) electrons. The summed E-state index contributed by atoms with van der Waals surface area (Å²) < 4.78 is 0. The summed E-state index contributed by atoms with van der Waals surface area (Å²) in [5.74, 6) is 0.267. The third-order valence-corrected chi connectivity index (χ3v) is 2.97. The molecule has 5 heteroatoms. The summed E-state index contributed by atoms with van der Waals surface area (Å²) in [4.78, 5) is 17.4.